The maximum absolute atomic E-state index is 13.3. The lowest BCUT2D eigenvalue weighted by atomic mass is 10.1. The van der Waals surface area contributed by atoms with Crippen molar-refractivity contribution in [3.63, 3.8) is 0 Å². The van der Waals surface area contributed by atoms with Gasteiger partial charge in [-0.1, -0.05) is 11.6 Å². The first-order valence-corrected chi connectivity index (χ1v) is 10.9. The van der Waals surface area contributed by atoms with Crippen molar-refractivity contribution in [2.75, 3.05) is 12.4 Å². The van der Waals surface area contributed by atoms with E-state index in [1.807, 2.05) is 11.4 Å². The number of halogens is 3. The van der Waals surface area contributed by atoms with Gasteiger partial charge < -0.3 is 5.32 Å². The van der Waals surface area contributed by atoms with Gasteiger partial charge in [-0.15, -0.1) is 11.3 Å². The van der Waals surface area contributed by atoms with Crippen LogP contribution in [0.1, 0.15) is 17.3 Å². The molecule has 2 aromatic rings. The molecule has 0 saturated carbocycles. The quantitative estimate of drug-likeness (QED) is 0.703. The summed E-state index contributed by atoms with van der Waals surface area (Å²) in [5.74, 6) is -1.12. The van der Waals surface area contributed by atoms with Crippen LogP contribution in [0.3, 0.4) is 0 Å². The van der Waals surface area contributed by atoms with Crippen LogP contribution in [-0.4, -0.2) is 31.7 Å². The zero-order chi connectivity index (χ0) is 19.1. The number of nitrogens with zero attached hydrogens (tertiary/aromatic N) is 1. The predicted molar refractivity (Wildman–Crippen MR) is 103 cm³/mol. The third-order valence-electron chi connectivity index (χ3n) is 3.99. The summed E-state index contributed by atoms with van der Waals surface area (Å²) in [4.78, 5) is 13.5. The Morgan fingerprint density at radius 1 is 1.46 bits per heavy atom. The summed E-state index contributed by atoms with van der Waals surface area (Å²) in [6, 6.07) is 4.15. The van der Waals surface area contributed by atoms with Gasteiger partial charge >= 0.3 is 0 Å². The van der Waals surface area contributed by atoms with Crippen molar-refractivity contribution in [1.29, 1.82) is 0 Å². The van der Waals surface area contributed by atoms with E-state index < -0.39 is 34.0 Å². The molecule has 1 aromatic heterocycles. The van der Waals surface area contributed by atoms with Crippen molar-refractivity contribution in [1.82, 2.24) is 9.03 Å². The number of carbonyl (C=O) groups excluding carboxylic acids is 1. The Labute approximate surface area is 167 Å². The molecule has 1 aliphatic rings. The van der Waals surface area contributed by atoms with Crippen LogP contribution in [0, 0.1) is 5.82 Å². The Balaban J connectivity index is 1.83. The smallest absolute Gasteiger partial charge is 0.280 e. The number of carbonyl (C=O) groups is 1. The Hall–Kier alpha value is -1.04. The number of nitrogens with one attached hydrogen (secondary N) is 2. The lowest BCUT2D eigenvalue weighted by Crippen LogP contribution is -2.55. The highest BCUT2D eigenvalue weighted by molar-refractivity contribution is 9.10. The first-order valence-electron chi connectivity index (χ1n) is 7.42. The SMILES string of the molecule is CN1[C@H](C(=O)Nc2ccc(F)c(Cl)c2)C[C@H](c2cc(Br)cs2)NS1(=O)=O. The third kappa shape index (κ3) is 4.10. The summed E-state index contributed by atoms with van der Waals surface area (Å²) in [5.41, 5.74) is 0.293. The molecule has 0 radical (unpaired) electrons. The highest BCUT2D eigenvalue weighted by Gasteiger charge is 2.41. The highest BCUT2D eigenvalue weighted by atomic mass is 79.9. The molecule has 1 saturated heterocycles. The van der Waals surface area contributed by atoms with Crippen molar-refractivity contribution in [2.24, 2.45) is 0 Å². The van der Waals surface area contributed by atoms with Crippen LogP contribution in [0.4, 0.5) is 10.1 Å². The number of amides is 1. The summed E-state index contributed by atoms with van der Waals surface area (Å²) >= 11 is 10.5. The second kappa shape index (κ2) is 7.53. The second-order valence-corrected chi connectivity index (χ2v) is 9.76. The second-order valence-electron chi connectivity index (χ2n) is 5.73. The third-order valence-corrected chi connectivity index (χ3v) is 7.68. The van der Waals surface area contributed by atoms with Crippen LogP contribution in [0.15, 0.2) is 34.1 Å². The summed E-state index contributed by atoms with van der Waals surface area (Å²) < 4.78 is 42.5. The topological polar surface area (TPSA) is 78.5 Å². The Morgan fingerprint density at radius 3 is 2.81 bits per heavy atom. The van der Waals surface area contributed by atoms with E-state index in [1.54, 1.807) is 0 Å². The molecule has 2 atom stereocenters. The van der Waals surface area contributed by atoms with Gasteiger partial charge in [0.15, 0.2) is 0 Å². The van der Waals surface area contributed by atoms with Crippen molar-refractivity contribution in [3.8, 4) is 0 Å². The van der Waals surface area contributed by atoms with Gasteiger partial charge in [-0.2, -0.15) is 17.4 Å². The van der Waals surface area contributed by atoms with Crippen LogP contribution in [0.2, 0.25) is 5.02 Å². The first kappa shape index (κ1) is 19.7. The molecule has 140 valence electrons. The Bertz CT molecular complexity index is 953. The summed E-state index contributed by atoms with van der Waals surface area (Å²) in [7, 11) is -2.48. The monoisotopic (exact) mass is 481 g/mol. The average molecular weight is 483 g/mol. The number of likely N-dealkylation sites (N-methyl/N-ethyl adjacent to an activating group) is 1. The van der Waals surface area contributed by atoms with Gasteiger partial charge in [0.1, 0.15) is 11.9 Å². The molecule has 3 rings (SSSR count). The zero-order valence-corrected chi connectivity index (χ0v) is 17.3. The van der Waals surface area contributed by atoms with Crippen molar-refractivity contribution < 1.29 is 17.6 Å². The fourth-order valence-corrected chi connectivity index (χ4v) is 5.64. The Morgan fingerprint density at radius 2 is 2.19 bits per heavy atom. The van der Waals surface area contributed by atoms with Crippen molar-refractivity contribution in [2.45, 2.75) is 18.5 Å². The first-order chi connectivity index (χ1) is 12.2. The molecule has 2 N–H and O–H groups in total. The zero-order valence-electron chi connectivity index (χ0n) is 13.4. The van der Waals surface area contributed by atoms with Crippen molar-refractivity contribution >= 4 is 60.7 Å². The van der Waals surface area contributed by atoms with Gasteiger partial charge in [-0.25, -0.2) is 4.39 Å². The predicted octanol–water partition coefficient (Wildman–Crippen LogP) is 3.52. The lowest BCUT2D eigenvalue weighted by Gasteiger charge is -2.35. The van der Waals surface area contributed by atoms with E-state index in [2.05, 4.69) is 26.0 Å². The summed E-state index contributed by atoms with van der Waals surface area (Å²) in [5, 5.41) is 4.31. The molecule has 1 aromatic carbocycles. The van der Waals surface area contributed by atoms with Crippen LogP contribution in [0.5, 0.6) is 0 Å². The van der Waals surface area contributed by atoms with E-state index in [0.29, 0.717) is 5.69 Å². The van der Waals surface area contributed by atoms with Crippen LogP contribution in [-0.2, 0) is 15.0 Å². The van der Waals surface area contributed by atoms with E-state index in [1.165, 1.54) is 30.5 Å². The van der Waals surface area contributed by atoms with Crippen LogP contribution in [0.25, 0.3) is 0 Å². The van der Waals surface area contributed by atoms with E-state index in [4.69, 9.17) is 11.6 Å². The number of benzene rings is 1. The fraction of sp³-hybridized carbons (Fsp3) is 0.267. The minimum Gasteiger partial charge on any atom is -0.325 e. The normalized spacial score (nSPS) is 22.9. The van der Waals surface area contributed by atoms with E-state index in [0.717, 1.165) is 19.7 Å². The van der Waals surface area contributed by atoms with Gasteiger partial charge in [0, 0.05) is 27.5 Å². The minimum absolute atomic E-state index is 0.129. The molecule has 1 fully saturated rings. The largest absolute Gasteiger partial charge is 0.325 e. The molecule has 26 heavy (non-hydrogen) atoms. The molecular weight excluding hydrogens is 469 g/mol. The number of hydrogen-bond donors (Lipinski definition) is 2. The van der Waals surface area contributed by atoms with E-state index in [9.17, 15) is 17.6 Å². The van der Waals surface area contributed by atoms with Gasteiger partial charge in [-0.05, 0) is 46.6 Å². The Kier molecular flexibility index (Phi) is 5.71. The van der Waals surface area contributed by atoms with Crippen molar-refractivity contribution in [3.05, 3.63) is 49.8 Å². The number of anilines is 1. The van der Waals surface area contributed by atoms with Crippen LogP contribution < -0.4 is 10.0 Å². The molecule has 6 nitrogen and oxygen atoms in total. The average Bonchev–Trinajstić information content (AvgIpc) is 2.99. The van der Waals surface area contributed by atoms with Crippen LogP contribution >= 0.6 is 38.9 Å². The molecule has 1 amide bonds. The van der Waals surface area contributed by atoms with E-state index in [-0.39, 0.29) is 11.4 Å². The van der Waals surface area contributed by atoms with Gasteiger partial charge in [0.25, 0.3) is 10.2 Å². The summed E-state index contributed by atoms with van der Waals surface area (Å²) in [6.07, 6.45) is 0.253. The molecule has 11 heteroatoms. The maximum atomic E-state index is 13.3. The molecule has 0 bridgehead atoms. The fourth-order valence-electron chi connectivity index (χ4n) is 2.61. The van der Waals surface area contributed by atoms with Gasteiger partial charge in [0.2, 0.25) is 5.91 Å². The maximum Gasteiger partial charge on any atom is 0.280 e. The minimum atomic E-state index is -3.82. The standard InChI is InChI=1S/C15H14BrClFN3O3S2/c1-21-13(15(22)19-9-2-3-11(18)10(17)5-9)6-12(20-26(21,23)24)14-4-8(16)7-25-14/h2-5,7,12-13,20H,6H2,1H3,(H,19,22)/t12-,13+/m1/s1. The number of thiophene rings is 1. The highest BCUT2D eigenvalue weighted by Crippen LogP contribution is 2.33. The van der Waals surface area contributed by atoms with Gasteiger partial charge in [-0.3, -0.25) is 4.79 Å². The molecule has 0 unspecified atom stereocenters. The molecule has 0 aliphatic carbocycles. The summed E-state index contributed by atoms with van der Waals surface area (Å²) in [6.45, 7) is 0. The molecule has 1 aliphatic heterocycles. The van der Waals surface area contributed by atoms with E-state index >= 15 is 0 Å². The lowest BCUT2D eigenvalue weighted by molar-refractivity contribution is -0.120. The van der Waals surface area contributed by atoms with Gasteiger partial charge in [0.05, 0.1) is 11.1 Å². The number of hydrogen-bond acceptors (Lipinski definition) is 4. The molecule has 0 spiro atoms. The number of rotatable bonds is 3. The molecule has 2 heterocycles. The molecular formula is C15H14BrClFN3O3S2.